The highest BCUT2D eigenvalue weighted by molar-refractivity contribution is 6.24. The molecule has 1 fully saturated rings. The van der Waals surface area contributed by atoms with Gasteiger partial charge in [-0.1, -0.05) is 12.5 Å². The van der Waals surface area contributed by atoms with Crippen LogP contribution in [-0.2, 0) is 22.6 Å². The Balaban J connectivity index is 1.45. The van der Waals surface area contributed by atoms with Crippen LogP contribution in [0, 0.1) is 11.8 Å². The van der Waals surface area contributed by atoms with Gasteiger partial charge in [0.1, 0.15) is 22.8 Å². The number of aliphatic hydroxyl groups is 3. The number of benzene rings is 1. The number of rotatable bonds is 5. The number of pyridine rings is 1. The molecule has 3 aliphatic carbocycles. The summed E-state index contributed by atoms with van der Waals surface area (Å²) >= 11 is 0. The second-order valence-corrected chi connectivity index (χ2v) is 12.4. The quantitative estimate of drug-likeness (QED) is 0.325. The number of amides is 1. The van der Waals surface area contributed by atoms with Crippen LogP contribution in [0.3, 0.4) is 0 Å². The Bertz CT molecular complexity index is 1610. The fourth-order valence-corrected chi connectivity index (χ4v) is 7.62. The second-order valence-electron chi connectivity index (χ2n) is 12.4. The number of carbonyl (C=O) groups excluding carboxylic acids is 3. The summed E-state index contributed by atoms with van der Waals surface area (Å²) < 4.78 is 0. The summed E-state index contributed by atoms with van der Waals surface area (Å²) in [5.74, 6) is -6.68. The van der Waals surface area contributed by atoms with E-state index in [0.29, 0.717) is 5.56 Å². The van der Waals surface area contributed by atoms with Gasteiger partial charge in [-0.2, -0.15) is 0 Å². The average Bonchev–Trinajstić information content (AvgIpc) is 2.95. The lowest BCUT2D eigenvalue weighted by Crippen LogP contribution is -2.63. The minimum absolute atomic E-state index is 0.0142. The smallest absolute Gasteiger partial charge is 0.255 e. The summed E-state index contributed by atoms with van der Waals surface area (Å²) in [5.41, 5.74) is 4.84. The van der Waals surface area contributed by atoms with Crippen LogP contribution in [0.1, 0.15) is 47.2 Å². The lowest BCUT2D eigenvalue weighted by atomic mass is 9.58. The normalized spacial score (nSPS) is 27.7. The number of phenols is 1. The van der Waals surface area contributed by atoms with E-state index in [0.717, 1.165) is 36.3 Å². The number of nitrogens with two attached hydrogens (primary N) is 1. The van der Waals surface area contributed by atoms with Crippen molar-refractivity contribution >= 4 is 17.5 Å². The third kappa shape index (κ3) is 4.45. The van der Waals surface area contributed by atoms with E-state index in [1.54, 1.807) is 26.4 Å². The molecule has 11 heteroatoms. The molecule has 226 valence electrons. The monoisotopic (exact) mass is 588 g/mol. The van der Waals surface area contributed by atoms with E-state index in [1.165, 1.54) is 30.2 Å². The molecule has 1 saturated heterocycles. The molecule has 1 aromatic heterocycles. The highest BCUT2D eigenvalue weighted by atomic mass is 16.3. The lowest BCUT2D eigenvalue weighted by molar-refractivity contribution is -0.148. The largest absolute Gasteiger partial charge is 0.510 e. The molecule has 1 amide bonds. The third-order valence-electron chi connectivity index (χ3n) is 9.57. The first-order valence-electron chi connectivity index (χ1n) is 14.6. The fraction of sp³-hybridized carbons (Fsp3) is 0.438. The van der Waals surface area contributed by atoms with Crippen molar-refractivity contribution < 1.29 is 34.8 Å². The molecular weight excluding hydrogens is 552 g/mol. The predicted molar refractivity (Wildman–Crippen MR) is 156 cm³/mol. The Morgan fingerprint density at radius 1 is 1.12 bits per heavy atom. The number of nitrogens with zero attached hydrogens (tertiary/aromatic N) is 3. The number of phenolic OH excluding ortho intramolecular Hbond substituents is 1. The first-order valence-corrected chi connectivity index (χ1v) is 14.6. The third-order valence-corrected chi connectivity index (χ3v) is 9.57. The molecule has 0 unspecified atom stereocenters. The maximum atomic E-state index is 14.0. The van der Waals surface area contributed by atoms with Gasteiger partial charge < -0.3 is 26.2 Å². The molecule has 0 spiro atoms. The van der Waals surface area contributed by atoms with Crippen LogP contribution in [-0.4, -0.2) is 91.5 Å². The van der Waals surface area contributed by atoms with E-state index in [2.05, 4.69) is 9.88 Å². The van der Waals surface area contributed by atoms with Gasteiger partial charge in [0.05, 0.1) is 11.6 Å². The second kappa shape index (κ2) is 10.6. The number of likely N-dealkylation sites (tertiary alicyclic amines) is 1. The van der Waals surface area contributed by atoms with Gasteiger partial charge in [-0.05, 0) is 87.6 Å². The molecule has 0 radical (unpaired) electrons. The number of aromatic nitrogens is 1. The van der Waals surface area contributed by atoms with Gasteiger partial charge in [-0.25, -0.2) is 0 Å². The van der Waals surface area contributed by atoms with Crippen LogP contribution in [0.15, 0.2) is 53.3 Å². The van der Waals surface area contributed by atoms with Crippen molar-refractivity contribution in [3.63, 3.8) is 0 Å². The van der Waals surface area contributed by atoms with Crippen molar-refractivity contribution in [3.05, 3.63) is 69.9 Å². The number of allylic oxidation sites excluding steroid dienone is 1. The van der Waals surface area contributed by atoms with Crippen molar-refractivity contribution in [2.45, 2.75) is 50.3 Å². The molecule has 0 saturated carbocycles. The molecule has 6 rings (SSSR count). The molecular formula is C32H36N4O7. The number of Topliss-reactive ketones (excluding diaryl/α,β-unsaturated/α-hetero) is 2. The summed E-state index contributed by atoms with van der Waals surface area (Å²) in [5, 5.41) is 45.1. The molecule has 4 atom stereocenters. The number of primary amides is 1. The number of hydrogen-bond acceptors (Lipinski definition) is 10. The summed E-state index contributed by atoms with van der Waals surface area (Å²) in [6.07, 6.45) is 7.37. The van der Waals surface area contributed by atoms with Crippen LogP contribution in [0.5, 0.6) is 5.75 Å². The van der Waals surface area contributed by atoms with Crippen LogP contribution < -0.4 is 5.73 Å². The van der Waals surface area contributed by atoms with Crippen LogP contribution in [0.2, 0.25) is 0 Å². The van der Waals surface area contributed by atoms with E-state index in [-0.39, 0.29) is 29.7 Å². The summed E-state index contributed by atoms with van der Waals surface area (Å²) in [6.45, 7) is 2.82. The maximum Gasteiger partial charge on any atom is 0.255 e. The molecule has 1 aliphatic heterocycles. The molecule has 11 nitrogen and oxygen atoms in total. The summed E-state index contributed by atoms with van der Waals surface area (Å²) in [6, 6.07) is 4.17. The number of aliphatic hydroxyl groups excluding tert-OH is 2. The number of hydrogen-bond donors (Lipinski definition) is 5. The molecule has 4 aliphatic rings. The number of piperidine rings is 1. The van der Waals surface area contributed by atoms with E-state index in [4.69, 9.17) is 5.73 Å². The Kier molecular flexibility index (Phi) is 7.15. The number of fused-ring (bicyclic) bond motifs is 3. The van der Waals surface area contributed by atoms with Crippen LogP contribution in [0.4, 0.5) is 0 Å². The number of aromatic hydroxyl groups is 1. The molecule has 2 aromatic rings. The zero-order valence-corrected chi connectivity index (χ0v) is 24.2. The van der Waals surface area contributed by atoms with E-state index < -0.39 is 58.0 Å². The van der Waals surface area contributed by atoms with Crippen molar-refractivity contribution in [3.8, 4) is 16.9 Å². The molecule has 0 bridgehead atoms. The van der Waals surface area contributed by atoms with E-state index >= 15 is 0 Å². The summed E-state index contributed by atoms with van der Waals surface area (Å²) in [7, 11) is 3.21. The van der Waals surface area contributed by atoms with Gasteiger partial charge in [0, 0.05) is 36.0 Å². The van der Waals surface area contributed by atoms with Gasteiger partial charge in [0.15, 0.2) is 11.4 Å². The van der Waals surface area contributed by atoms with Gasteiger partial charge in [-0.3, -0.25) is 29.2 Å². The first-order chi connectivity index (χ1) is 20.4. The minimum atomic E-state index is -2.66. The molecule has 1 aromatic carbocycles. The van der Waals surface area contributed by atoms with E-state index in [1.807, 2.05) is 12.3 Å². The minimum Gasteiger partial charge on any atom is -0.510 e. The van der Waals surface area contributed by atoms with Crippen molar-refractivity contribution in [1.82, 2.24) is 14.8 Å². The van der Waals surface area contributed by atoms with E-state index in [9.17, 15) is 34.8 Å². The summed E-state index contributed by atoms with van der Waals surface area (Å²) in [4.78, 5) is 48.1. The highest BCUT2D eigenvalue weighted by Crippen LogP contribution is 2.53. The Hall–Kier alpha value is -4.06. The first kappa shape index (κ1) is 29.0. The van der Waals surface area contributed by atoms with Crippen molar-refractivity contribution in [1.29, 1.82) is 0 Å². The number of likely N-dealkylation sites (N-methyl/N-ethyl adjacent to an activating group) is 1. The SMILES string of the molecule is CN(C)[C@@H]1C(O)=C(C(N)=O)C(=O)[C@@]2(O)C(O)=C3C(=O)c4c(O)ccc(-c5cncc(CN6CCCCC6)c5)c4C[C@H]3C[C@@H]12. The number of carbonyl (C=O) groups is 3. The lowest BCUT2D eigenvalue weighted by Gasteiger charge is -2.50. The fourth-order valence-electron chi connectivity index (χ4n) is 7.62. The van der Waals surface area contributed by atoms with Gasteiger partial charge in [0.2, 0.25) is 5.78 Å². The van der Waals surface area contributed by atoms with Gasteiger partial charge in [0.25, 0.3) is 5.91 Å². The molecule has 2 heterocycles. The zero-order valence-electron chi connectivity index (χ0n) is 24.2. The standard InChI is InChI=1S/C32H36N4O7/c1-35(2)26-21-12-17-11-20-19(18-10-16(13-34-14-18)15-36-8-4-3-5-9-36)6-7-22(37)24(20)27(38)23(17)29(40)32(21,43)30(41)25(28(26)39)31(33)42/h6-7,10,13-14,17,21,26,37,39-40,43H,3-5,8-9,11-12,15H2,1-2H3,(H2,33,42)/t17-,21-,26-,32-/m0/s1. The zero-order chi connectivity index (χ0) is 30.8. The van der Waals surface area contributed by atoms with Crippen LogP contribution >= 0.6 is 0 Å². The van der Waals surface area contributed by atoms with Crippen molar-refractivity contribution in [2.24, 2.45) is 17.6 Å². The Morgan fingerprint density at radius 2 is 1.84 bits per heavy atom. The van der Waals surface area contributed by atoms with Crippen LogP contribution in [0.25, 0.3) is 11.1 Å². The topological polar surface area (TPSA) is 178 Å². The Labute approximate surface area is 248 Å². The van der Waals surface area contributed by atoms with Gasteiger partial charge >= 0.3 is 0 Å². The average molecular weight is 589 g/mol. The Morgan fingerprint density at radius 3 is 2.51 bits per heavy atom. The highest BCUT2D eigenvalue weighted by Gasteiger charge is 2.63. The number of ketones is 2. The van der Waals surface area contributed by atoms with Gasteiger partial charge in [-0.15, -0.1) is 0 Å². The molecule has 6 N–H and O–H groups in total. The predicted octanol–water partition coefficient (Wildman–Crippen LogP) is 2.17. The molecule has 43 heavy (non-hydrogen) atoms. The maximum absolute atomic E-state index is 14.0. The van der Waals surface area contributed by atoms with Crippen molar-refractivity contribution in [2.75, 3.05) is 27.2 Å².